The third kappa shape index (κ3) is 5.02. The minimum atomic E-state index is -0.480. The van der Waals surface area contributed by atoms with Crippen LogP contribution >= 0.6 is 0 Å². The van der Waals surface area contributed by atoms with Gasteiger partial charge in [0.25, 0.3) is 0 Å². The van der Waals surface area contributed by atoms with Gasteiger partial charge in [-0.3, -0.25) is 0 Å². The smallest absolute Gasteiger partial charge is 0.407 e. The number of nitrogen functional groups attached to an aromatic ring is 1. The molecule has 0 saturated heterocycles. The van der Waals surface area contributed by atoms with Crippen molar-refractivity contribution in [3.8, 4) is 0 Å². The Morgan fingerprint density at radius 1 is 1.21 bits per heavy atom. The molecule has 2 rings (SSSR count). The molecular formula is C20H30N2O2. The Balaban J connectivity index is 2.12. The SMILES string of the molecule is CC(C)(C)OC(=O)NCC(C)(C)C1=Cc2cc(N)ccc2CCC1. The van der Waals surface area contributed by atoms with Crippen molar-refractivity contribution in [3.63, 3.8) is 0 Å². The van der Waals surface area contributed by atoms with Gasteiger partial charge in [-0.25, -0.2) is 4.79 Å². The lowest BCUT2D eigenvalue weighted by atomic mass is 9.81. The summed E-state index contributed by atoms with van der Waals surface area (Å²) >= 11 is 0. The normalized spacial score (nSPS) is 15.1. The van der Waals surface area contributed by atoms with E-state index in [-0.39, 0.29) is 11.5 Å². The van der Waals surface area contributed by atoms with E-state index in [1.54, 1.807) is 0 Å². The number of carbonyl (C=O) groups is 1. The van der Waals surface area contributed by atoms with Gasteiger partial charge in [-0.1, -0.05) is 31.6 Å². The summed E-state index contributed by atoms with van der Waals surface area (Å²) in [6, 6.07) is 6.13. The fourth-order valence-electron chi connectivity index (χ4n) is 2.96. The first-order valence-corrected chi connectivity index (χ1v) is 8.63. The average Bonchev–Trinajstić information content (AvgIpc) is 2.65. The van der Waals surface area contributed by atoms with Gasteiger partial charge in [0.1, 0.15) is 5.60 Å². The van der Waals surface area contributed by atoms with E-state index in [2.05, 4.69) is 31.3 Å². The van der Waals surface area contributed by atoms with E-state index in [1.165, 1.54) is 16.7 Å². The lowest BCUT2D eigenvalue weighted by molar-refractivity contribution is 0.0512. The zero-order valence-electron chi connectivity index (χ0n) is 15.5. The second-order valence-electron chi connectivity index (χ2n) is 8.22. The van der Waals surface area contributed by atoms with Crippen molar-refractivity contribution in [2.24, 2.45) is 5.41 Å². The minimum Gasteiger partial charge on any atom is -0.444 e. The minimum absolute atomic E-state index is 0.136. The van der Waals surface area contributed by atoms with Gasteiger partial charge in [0.15, 0.2) is 0 Å². The molecule has 1 aromatic rings. The third-order valence-corrected chi connectivity index (χ3v) is 4.33. The van der Waals surface area contributed by atoms with Crippen molar-refractivity contribution in [2.75, 3.05) is 12.3 Å². The Hall–Kier alpha value is -1.97. The second-order valence-corrected chi connectivity index (χ2v) is 8.22. The van der Waals surface area contributed by atoms with Crippen molar-refractivity contribution in [2.45, 2.75) is 59.5 Å². The number of alkyl carbamates (subject to hydrolysis) is 1. The van der Waals surface area contributed by atoms with E-state index < -0.39 is 5.60 Å². The molecule has 0 spiro atoms. The first-order valence-electron chi connectivity index (χ1n) is 8.63. The maximum Gasteiger partial charge on any atom is 0.407 e. The van der Waals surface area contributed by atoms with E-state index >= 15 is 0 Å². The van der Waals surface area contributed by atoms with Gasteiger partial charge >= 0.3 is 6.09 Å². The van der Waals surface area contributed by atoms with Crippen LogP contribution in [-0.2, 0) is 11.2 Å². The summed E-state index contributed by atoms with van der Waals surface area (Å²) in [7, 11) is 0. The summed E-state index contributed by atoms with van der Waals surface area (Å²) in [4.78, 5) is 11.9. The molecule has 0 radical (unpaired) electrons. The number of ether oxygens (including phenoxy) is 1. The number of hydrogen-bond donors (Lipinski definition) is 2. The van der Waals surface area contributed by atoms with Crippen molar-refractivity contribution >= 4 is 17.9 Å². The standard InChI is InChI=1S/C20H30N2O2/c1-19(2,3)24-18(23)22-13-20(4,5)16-8-6-7-14-9-10-17(21)12-15(14)11-16/h9-12H,6-8,13,21H2,1-5H3,(H,22,23). The molecule has 0 heterocycles. The number of nitrogens with one attached hydrogen (secondary N) is 1. The van der Waals surface area contributed by atoms with Crippen LogP contribution in [-0.4, -0.2) is 18.2 Å². The first kappa shape index (κ1) is 18.4. The fourth-order valence-corrected chi connectivity index (χ4v) is 2.96. The number of benzene rings is 1. The molecule has 1 aromatic carbocycles. The van der Waals surface area contributed by atoms with Crippen LogP contribution < -0.4 is 11.1 Å². The van der Waals surface area contributed by atoms with Gasteiger partial charge in [-0.15, -0.1) is 0 Å². The summed E-state index contributed by atoms with van der Waals surface area (Å²) in [5, 5.41) is 2.91. The predicted molar refractivity (Wildman–Crippen MR) is 99.8 cm³/mol. The van der Waals surface area contributed by atoms with Crippen LogP contribution in [0.1, 0.15) is 58.6 Å². The maximum atomic E-state index is 11.9. The van der Waals surface area contributed by atoms with Gasteiger partial charge in [0.05, 0.1) is 0 Å². The lowest BCUT2D eigenvalue weighted by Crippen LogP contribution is -2.38. The van der Waals surface area contributed by atoms with Crippen molar-refractivity contribution in [3.05, 3.63) is 34.9 Å². The van der Waals surface area contributed by atoms with Crippen LogP contribution in [0, 0.1) is 5.41 Å². The fraction of sp³-hybridized carbons (Fsp3) is 0.550. The highest BCUT2D eigenvalue weighted by molar-refractivity contribution is 5.68. The monoisotopic (exact) mass is 330 g/mol. The highest BCUT2D eigenvalue weighted by Crippen LogP contribution is 2.35. The number of aryl methyl sites for hydroxylation is 1. The van der Waals surface area contributed by atoms with E-state index in [0.717, 1.165) is 24.9 Å². The Morgan fingerprint density at radius 3 is 2.58 bits per heavy atom. The molecule has 0 aliphatic heterocycles. The van der Waals surface area contributed by atoms with Crippen LogP contribution in [0.5, 0.6) is 0 Å². The molecule has 0 unspecified atom stereocenters. The van der Waals surface area contributed by atoms with E-state index in [9.17, 15) is 4.79 Å². The van der Waals surface area contributed by atoms with Gasteiger partial charge in [0, 0.05) is 17.6 Å². The van der Waals surface area contributed by atoms with Gasteiger partial charge in [0.2, 0.25) is 0 Å². The van der Waals surface area contributed by atoms with Gasteiger partial charge in [-0.05, 0) is 63.3 Å². The van der Waals surface area contributed by atoms with Crippen LogP contribution in [0.4, 0.5) is 10.5 Å². The molecule has 0 aromatic heterocycles. The summed E-state index contributed by atoms with van der Waals surface area (Å²) in [6.07, 6.45) is 5.08. The molecule has 0 bridgehead atoms. The number of carbonyl (C=O) groups excluding carboxylic acids is 1. The van der Waals surface area contributed by atoms with Crippen molar-refractivity contribution in [1.82, 2.24) is 5.32 Å². The summed E-state index contributed by atoms with van der Waals surface area (Å²) in [5.41, 5.74) is 9.99. The molecule has 0 atom stereocenters. The van der Waals surface area contributed by atoms with E-state index in [0.29, 0.717) is 6.54 Å². The quantitative estimate of drug-likeness (QED) is 0.800. The molecule has 1 amide bonds. The molecule has 0 saturated carbocycles. The average molecular weight is 330 g/mol. The predicted octanol–water partition coefficient (Wildman–Crippen LogP) is 4.54. The van der Waals surface area contributed by atoms with Gasteiger partial charge < -0.3 is 15.8 Å². The number of rotatable bonds is 3. The van der Waals surface area contributed by atoms with Crippen LogP contribution in [0.2, 0.25) is 0 Å². The van der Waals surface area contributed by atoms with Crippen molar-refractivity contribution in [1.29, 1.82) is 0 Å². The number of nitrogens with two attached hydrogens (primary N) is 1. The third-order valence-electron chi connectivity index (χ3n) is 4.33. The summed E-state index contributed by atoms with van der Waals surface area (Å²) in [5.74, 6) is 0. The van der Waals surface area contributed by atoms with Crippen LogP contribution in [0.15, 0.2) is 23.8 Å². The molecule has 3 N–H and O–H groups in total. The molecule has 0 fully saturated rings. The molecule has 1 aliphatic carbocycles. The number of amides is 1. The topological polar surface area (TPSA) is 64.3 Å². The van der Waals surface area contributed by atoms with E-state index in [4.69, 9.17) is 10.5 Å². The number of hydrogen-bond acceptors (Lipinski definition) is 3. The van der Waals surface area contributed by atoms with Gasteiger partial charge in [-0.2, -0.15) is 0 Å². The Labute approximate surface area is 145 Å². The highest BCUT2D eigenvalue weighted by atomic mass is 16.6. The molecular weight excluding hydrogens is 300 g/mol. The molecule has 4 heteroatoms. The zero-order chi connectivity index (χ0) is 18.0. The summed E-state index contributed by atoms with van der Waals surface area (Å²) in [6.45, 7) is 10.5. The second kappa shape index (κ2) is 6.88. The Kier molecular flexibility index (Phi) is 5.26. The number of anilines is 1. The lowest BCUT2D eigenvalue weighted by Gasteiger charge is -2.29. The molecule has 132 valence electrons. The molecule has 1 aliphatic rings. The Morgan fingerprint density at radius 2 is 1.92 bits per heavy atom. The highest BCUT2D eigenvalue weighted by Gasteiger charge is 2.26. The Bertz CT molecular complexity index is 640. The maximum absolute atomic E-state index is 11.9. The zero-order valence-corrected chi connectivity index (χ0v) is 15.5. The van der Waals surface area contributed by atoms with Crippen LogP contribution in [0.25, 0.3) is 6.08 Å². The molecule has 4 nitrogen and oxygen atoms in total. The van der Waals surface area contributed by atoms with E-state index in [1.807, 2.05) is 32.9 Å². The number of fused-ring (bicyclic) bond motifs is 1. The van der Waals surface area contributed by atoms with Crippen molar-refractivity contribution < 1.29 is 9.53 Å². The first-order chi connectivity index (χ1) is 11.1. The summed E-state index contributed by atoms with van der Waals surface area (Å²) < 4.78 is 5.33. The van der Waals surface area contributed by atoms with Crippen LogP contribution in [0.3, 0.4) is 0 Å². The molecule has 24 heavy (non-hydrogen) atoms. The largest absolute Gasteiger partial charge is 0.444 e.